The lowest BCUT2D eigenvalue weighted by Crippen LogP contribution is -2.31. The van der Waals surface area contributed by atoms with Crippen LogP contribution in [-0.4, -0.2) is 57.7 Å². The van der Waals surface area contributed by atoms with Crippen molar-refractivity contribution in [1.29, 1.82) is 0 Å². The maximum absolute atomic E-state index is 12.4. The monoisotopic (exact) mass is 472 g/mol. The summed E-state index contributed by atoms with van der Waals surface area (Å²) in [5, 5.41) is 16.9. The molecule has 0 saturated heterocycles. The zero-order chi connectivity index (χ0) is 24.2. The lowest BCUT2D eigenvalue weighted by atomic mass is 10.2. The summed E-state index contributed by atoms with van der Waals surface area (Å²) in [7, 11) is 3.16. The molecule has 0 aliphatic carbocycles. The molecule has 3 heterocycles. The Hall–Kier alpha value is -4.60. The largest absolute Gasteiger partial charge is 0.493 e. The summed E-state index contributed by atoms with van der Waals surface area (Å²) in [5.41, 5.74) is 2.37. The number of ether oxygens (including phenoxy) is 3. The molecule has 5 rings (SSSR count). The molecule has 1 amide bonds. The highest BCUT2D eigenvalue weighted by Crippen LogP contribution is 2.31. The SMILES string of the molecule is COc1ccc(-c2nnc3ccc(OCCNC(=O)Cn4ccc5ccccc54)nn23)cc1OC. The summed E-state index contributed by atoms with van der Waals surface area (Å²) in [6, 6.07) is 18.9. The predicted octanol–water partition coefficient (Wildman–Crippen LogP) is 2.96. The van der Waals surface area contributed by atoms with Gasteiger partial charge in [-0.25, -0.2) is 0 Å². The average Bonchev–Trinajstić information content (AvgIpc) is 3.50. The fourth-order valence-electron chi connectivity index (χ4n) is 3.84. The van der Waals surface area contributed by atoms with Crippen LogP contribution in [0.25, 0.3) is 27.9 Å². The summed E-state index contributed by atoms with van der Waals surface area (Å²) in [4.78, 5) is 12.4. The van der Waals surface area contributed by atoms with E-state index in [0.717, 1.165) is 16.5 Å². The topological polar surface area (TPSA) is 105 Å². The number of methoxy groups -OCH3 is 2. The van der Waals surface area contributed by atoms with Gasteiger partial charge >= 0.3 is 0 Å². The first-order chi connectivity index (χ1) is 17.2. The molecule has 0 bridgehead atoms. The van der Waals surface area contributed by atoms with Crippen molar-refractivity contribution in [1.82, 2.24) is 29.7 Å². The number of nitrogens with zero attached hydrogens (tertiary/aromatic N) is 5. The third-order valence-electron chi connectivity index (χ3n) is 5.55. The fourth-order valence-corrected chi connectivity index (χ4v) is 3.84. The van der Waals surface area contributed by atoms with Crippen molar-refractivity contribution >= 4 is 22.5 Å². The minimum Gasteiger partial charge on any atom is -0.493 e. The summed E-state index contributed by atoms with van der Waals surface area (Å²) >= 11 is 0. The van der Waals surface area contributed by atoms with Crippen LogP contribution in [0.5, 0.6) is 17.4 Å². The lowest BCUT2D eigenvalue weighted by Gasteiger charge is -2.10. The molecule has 178 valence electrons. The number of carbonyl (C=O) groups excluding carboxylic acids is 1. The van der Waals surface area contributed by atoms with Gasteiger partial charge in [-0.2, -0.15) is 4.52 Å². The number of amides is 1. The Morgan fingerprint density at radius 1 is 0.971 bits per heavy atom. The van der Waals surface area contributed by atoms with Gasteiger partial charge in [0.1, 0.15) is 13.2 Å². The van der Waals surface area contributed by atoms with E-state index < -0.39 is 0 Å². The Morgan fingerprint density at radius 2 is 1.83 bits per heavy atom. The number of fused-ring (bicyclic) bond motifs is 2. The zero-order valence-corrected chi connectivity index (χ0v) is 19.3. The van der Waals surface area contributed by atoms with Crippen molar-refractivity contribution in [2.75, 3.05) is 27.4 Å². The van der Waals surface area contributed by atoms with Crippen LogP contribution in [0.1, 0.15) is 0 Å². The lowest BCUT2D eigenvalue weighted by molar-refractivity contribution is -0.121. The van der Waals surface area contributed by atoms with Crippen LogP contribution in [0.3, 0.4) is 0 Å². The molecule has 0 aliphatic heterocycles. The van der Waals surface area contributed by atoms with E-state index in [1.54, 1.807) is 36.9 Å². The van der Waals surface area contributed by atoms with E-state index in [0.29, 0.717) is 35.4 Å². The van der Waals surface area contributed by atoms with Gasteiger partial charge in [0.05, 0.1) is 20.8 Å². The predicted molar refractivity (Wildman–Crippen MR) is 130 cm³/mol. The summed E-state index contributed by atoms with van der Waals surface area (Å²) in [6.07, 6.45) is 1.91. The number of aromatic nitrogens is 5. The van der Waals surface area contributed by atoms with Crippen LogP contribution in [0.15, 0.2) is 66.9 Å². The minimum absolute atomic E-state index is 0.0899. The van der Waals surface area contributed by atoms with Crippen molar-refractivity contribution in [3.63, 3.8) is 0 Å². The number of benzene rings is 2. The Morgan fingerprint density at radius 3 is 2.69 bits per heavy atom. The summed E-state index contributed by atoms with van der Waals surface area (Å²) in [5.74, 6) is 2.04. The first-order valence-electron chi connectivity index (χ1n) is 11.0. The van der Waals surface area contributed by atoms with E-state index >= 15 is 0 Å². The van der Waals surface area contributed by atoms with Crippen molar-refractivity contribution in [2.24, 2.45) is 0 Å². The van der Waals surface area contributed by atoms with E-state index in [2.05, 4.69) is 20.6 Å². The Labute approximate surface area is 201 Å². The number of rotatable bonds is 9. The molecule has 1 N–H and O–H groups in total. The Kier molecular flexibility index (Phi) is 6.16. The standard InChI is InChI=1S/C25H24N6O4/c1-33-20-8-7-18(15-21(20)34-2)25-28-27-22-9-10-24(29-31(22)25)35-14-12-26-23(32)16-30-13-11-17-5-3-4-6-19(17)30/h3-11,13,15H,12,14,16H2,1-2H3,(H,26,32). The van der Waals surface area contributed by atoms with E-state index in [4.69, 9.17) is 14.2 Å². The second kappa shape index (κ2) is 9.72. The molecule has 0 radical (unpaired) electrons. The van der Waals surface area contributed by atoms with E-state index in [9.17, 15) is 4.79 Å². The highest BCUT2D eigenvalue weighted by Gasteiger charge is 2.14. The number of para-hydroxylation sites is 1. The maximum atomic E-state index is 12.4. The Balaban J connectivity index is 1.21. The molecule has 10 heteroatoms. The number of carbonyl (C=O) groups is 1. The maximum Gasteiger partial charge on any atom is 0.240 e. The highest BCUT2D eigenvalue weighted by atomic mass is 16.5. The molecule has 0 saturated carbocycles. The molecule has 0 aliphatic rings. The minimum atomic E-state index is -0.0899. The Bertz CT molecular complexity index is 1490. The van der Waals surface area contributed by atoms with Gasteiger partial charge < -0.3 is 24.1 Å². The molecular formula is C25H24N6O4. The fraction of sp³-hybridized carbons (Fsp3) is 0.200. The molecule has 0 spiro atoms. The van der Waals surface area contributed by atoms with Gasteiger partial charge in [0, 0.05) is 23.3 Å². The van der Waals surface area contributed by atoms with Gasteiger partial charge in [-0.15, -0.1) is 15.3 Å². The van der Waals surface area contributed by atoms with Crippen LogP contribution in [-0.2, 0) is 11.3 Å². The van der Waals surface area contributed by atoms with Gasteiger partial charge in [0.15, 0.2) is 23.0 Å². The summed E-state index contributed by atoms with van der Waals surface area (Å²) < 4.78 is 20.0. The molecule has 2 aromatic carbocycles. The van der Waals surface area contributed by atoms with Crippen molar-refractivity contribution in [2.45, 2.75) is 6.54 Å². The first kappa shape index (κ1) is 22.2. The molecule has 0 fully saturated rings. The second-order valence-electron chi connectivity index (χ2n) is 7.74. The van der Waals surface area contributed by atoms with Gasteiger partial charge in [-0.3, -0.25) is 4.79 Å². The van der Waals surface area contributed by atoms with E-state index in [-0.39, 0.29) is 19.1 Å². The number of hydrogen-bond acceptors (Lipinski definition) is 7. The molecule has 10 nitrogen and oxygen atoms in total. The quantitative estimate of drug-likeness (QED) is 0.329. The zero-order valence-electron chi connectivity index (χ0n) is 19.3. The van der Waals surface area contributed by atoms with Gasteiger partial charge in [0.25, 0.3) is 0 Å². The molecule has 35 heavy (non-hydrogen) atoms. The first-order valence-corrected chi connectivity index (χ1v) is 11.0. The highest BCUT2D eigenvalue weighted by molar-refractivity contribution is 5.83. The van der Waals surface area contributed by atoms with E-state index in [1.807, 2.05) is 53.2 Å². The van der Waals surface area contributed by atoms with Crippen LogP contribution >= 0.6 is 0 Å². The van der Waals surface area contributed by atoms with Crippen molar-refractivity contribution in [3.8, 4) is 28.8 Å². The number of nitrogens with one attached hydrogen (secondary N) is 1. The smallest absolute Gasteiger partial charge is 0.240 e. The number of hydrogen-bond donors (Lipinski definition) is 1. The average molecular weight is 473 g/mol. The third-order valence-corrected chi connectivity index (χ3v) is 5.55. The molecule has 0 unspecified atom stereocenters. The molecule has 3 aromatic heterocycles. The van der Waals surface area contributed by atoms with Crippen molar-refractivity contribution < 1.29 is 19.0 Å². The summed E-state index contributed by atoms with van der Waals surface area (Å²) in [6.45, 7) is 0.861. The van der Waals surface area contributed by atoms with Crippen LogP contribution in [0, 0.1) is 0 Å². The van der Waals surface area contributed by atoms with Gasteiger partial charge in [0.2, 0.25) is 11.8 Å². The molecule has 0 atom stereocenters. The second-order valence-corrected chi connectivity index (χ2v) is 7.74. The van der Waals surface area contributed by atoms with E-state index in [1.165, 1.54) is 0 Å². The van der Waals surface area contributed by atoms with Gasteiger partial charge in [-0.1, -0.05) is 18.2 Å². The third kappa shape index (κ3) is 4.58. The molecular weight excluding hydrogens is 448 g/mol. The van der Waals surface area contributed by atoms with Gasteiger partial charge in [-0.05, 0) is 41.8 Å². The van der Waals surface area contributed by atoms with Crippen LogP contribution in [0.4, 0.5) is 0 Å². The normalized spacial score (nSPS) is 11.0. The van der Waals surface area contributed by atoms with Crippen molar-refractivity contribution in [3.05, 3.63) is 66.9 Å². The van der Waals surface area contributed by atoms with Crippen LogP contribution < -0.4 is 19.5 Å². The molecule has 5 aromatic rings. The van der Waals surface area contributed by atoms with Crippen LogP contribution in [0.2, 0.25) is 0 Å².